The van der Waals surface area contributed by atoms with Crippen molar-refractivity contribution in [3.8, 4) is 0 Å². The molecule has 4 nitrogen and oxygen atoms in total. The topological polar surface area (TPSA) is 41.3 Å². The van der Waals surface area contributed by atoms with Gasteiger partial charge in [0.25, 0.3) is 0 Å². The van der Waals surface area contributed by atoms with Crippen molar-refractivity contribution in [2.45, 2.75) is 70.0 Å². The number of hydrogen-bond acceptors (Lipinski definition) is 3. The molecule has 0 amide bonds. The highest BCUT2D eigenvalue weighted by Crippen LogP contribution is 2.28. The summed E-state index contributed by atoms with van der Waals surface area (Å²) in [7, 11) is 0. The maximum atomic E-state index is 9.22. The Bertz CT molecular complexity index is 408. The second-order valence-corrected chi connectivity index (χ2v) is 6.36. The Kier molecular flexibility index (Phi) is 4.73. The minimum Gasteiger partial charge on any atom is -0.395 e. The molecule has 2 fully saturated rings. The van der Waals surface area contributed by atoms with Crippen molar-refractivity contribution in [3.63, 3.8) is 0 Å². The van der Waals surface area contributed by atoms with Crippen LogP contribution in [-0.4, -0.2) is 39.0 Å². The van der Waals surface area contributed by atoms with Gasteiger partial charge in [-0.05, 0) is 31.7 Å². The van der Waals surface area contributed by atoms with E-state index in [1.54, 1.807) is 0 Å². The summed E-state index contributed by atoms with van der Waals surface area (Å²) in [5.41, 5.74) is 1.16. The minimum atomic E-state index is 0.250. The van der Waals surface area contributed by atoms with Crippen LogP contribution in [0.4, 0.5) is 0 Å². The van der Waals surface area contributed by atoms with E-state index in [9.17, 15) is 5.11 Å². The van der Waals surface area contributed by atoms with Crippen LogP contribution < -0.4 is 0 Å². The normalized spacial score (nSPS) is 21.3. The Hall–Kier alpha value is -0.870. The van der Waals surface area contributed by atoms with E-state index in [-0.39, 0.29) is 6.61 Å². The Morgan fingerprint density at radius 2 is 1.95 bits per heavy atom. The van der Waals surface area contributed by atoms with Crippen molar-refractivity contribution in [1.82, 2.24) is 14.7 Å². The predicted octanol–water partition coefficient (Wildman–Crippen LogP) is 2.74. The van der Waals surface area contributed by atoms with Gasteiger partial charge in [-0.3, -0.25) is 9.58 Å². The van der Waals surface area contributed by atoms with Crippen molar-refractivity contribution in [1.29, 1.82) is 0 Å². The molecule has 2 aliphatic rings. The Morgan fingerprint density at radius 1 is 1.15 bits per heavy atom. The van der Waals surface area contributed by atoms with E-state index in [4.69, 9.17) is 5.10 Å². The molecule has 1 N–H and O–H groups in total. The van der Waals surface area contributed by atoms with Crippen LogP contribution in [0.1, 0.15) is 63.1 Å². The van der Waals surface area contributed by atoms with E-state index < -0.39 is 0 Å². The number of aliphatic hydroxyl groups excluding tert-OH is 1. The van der Waals surface area contributed by atoms with Gasteiger partial charge in [-0.25, -0.2) is 0 Å². The molecule has 20 heavy (non-hydrogen) atoms. The lowest BCUT2D eigenvalue weighted by molar-refractivity contribution is 0.0930. The van der Waals surface area contributed by atoms with Gasteiger partial charge in [0.2, 0.25) is 0 Å². The van der Waals surface area contributed by atoms with E-state index in [0.29, 0.717) is 12.1 Å². The standard InChI is InChI=1S/C16H27N3O/c20-12-11-18(15-7-4-8-15)13-14-9-10-19(17-14)16-5-2-1-3-6-16/h9-10,15-16,20H,1-8,11-13H2. The van der Waals surface area contributed by atoms with E-state index in [0.717, 1.165) is 18.8 Å². The average molecular weight is 277 g/mol. The molecule has 0 atom stereocenters. The molecule has 1 aromatic heterocycles. The van der Waals surface area contributed by atoms with Crippen molar-refractivity contribution >= 4 is 0 Å². The third-order valence-corrected chi connectivity index (χ3v) is 4.96. The number of aromatic nitrogens is 2. The second kappa shape index (κ2) is 6.72. The highest BCUT2D eigenvalue weighted by Gasteiger charge is 2.25. The zero-order chi connectivity index (χ0) is 13.8. The van der Waals surface area contributed by atoms with Crippen LogP contribution in [0.3, 0.4) is 0 Å². The molecule has 1 heterocycles. The highest BCUT2D eigenvalue weighted by molar-refractivity contribution is 5.01. The summed E-state index contributed by atoms with van der Waals surface area (Å²) in [6.45, 7) is 1.92. The van der Waals surface area contributed by atoms with Crippen LogP contribution in [0.2, 0.25) is 0 Å². The summed E-state index contributed by atoms with van der Waals surface area (Å²) in [5.74, 6) is 0. The summed E-state index contributed by atoms with van der Waals surface area (Å²) >= 11 is 0. The first kappa shape index (κ1) is 14.1. The quantitative estimate of drug-likeness (QED) is 0.869. The molecule has 2 aliphatic carbocycles. The molecule has 2 saturated carbocycles. The lowest BCUT2D eigenvalue weighted by Crippen LogP contribution is -2.41. The molecule has 0 spiro atoms. The first-order valence-electron chi connectivity index (χ1n) is 8.26. The van der Waals surface area contributed by atoms with Crippen LogP contribution in [0.15, 0.2) is 12.3 Å². The van der Waals surface area contributed by atoms with Crippen LogP contribution in [0.5, 0.6) is 0 Å². The fourth-order valence-electron chi connectivity index (χ4n) is 3.49. The summed E-state index contributed by atoms with van der Waals surface area (Å²) in [5, 5.41) is 14.0. The molecule has 0 aromatic carbocycles. The van der Waals surface area contributed by atoms with Gasteiger partial charge in [-0.2, -0.15) is 5.10 Å². The fraction of sp³-hybridized carbons (Fsp3) is 0.812. The van der Waals surface area contributed by atoms with Crippen LogP contribution in [0.25, 0.3) is 0 Å². The molecule has 0 aliphatic heterocycles. The lowest BCUT2D eigenvalue weighted by atomic mass is 9.91. The molecule has 0 radical (unpaired) electrons. The van der Waals surface area contributed by atoms with E-state index >= 15 is 0 Å². The molecule has 4 heteroatoms. The van der Waals surface area contributed by atoms with Crippen molar-refractivity contribution in [2.75, 3.05) is 13.2 Å². The number of nitrogens with zero attached hydrogens (tertiary/aromatic N) is 3. The SMILES string of the molecule is OCCN(Cc1ccn(C2CCCCC2)n1)C1CCC1. The predicted molar refractivity (Wildman–Crippen MR) is 79.5 cm³/mol. The second-order valence-electron chi connectivity index (χ2n) is 6.36. The molecular weight excluding hydrogens is 250 g/mol. The van der Waals surface area contributed by atoms with Crippen LogP contribution in [-0.2, 0) is 6.54 Å². The van der Waals surface area contributed by atoms with Gasteiger partial charge >= 0.3 is 0 Å². The van der Waals surface area contributed by atoms with E-state index in [1.807, 2.05) is 0 Å². The first-order valence-corrected chi connectivity index (χ1v) is 8.26. The average Bonchev–Trinajstić information content (AvgIpc) is 2.87. The van der Waals surface area contributed by atoms with E-state index in [1.165, 1.54) is 51.4 Å². The number of hydrogen-bond donors (Lipinski definition) is 1. The van der Waals surface area contributed by atoms with Gasteiger partial charge in [0.15, 0.2) is 0 Å². The Balaban J connectivity index is 1.60. The molecule has 1 aromatic rings. The van der Waals surface area contributed by atoms with Crippen LogP contribution in [0, 0.1) is 0 Å². The zero-order valence-corrected chi connectivity index (χ0v) is 12.4. The largest absolute Gasteiger partial charge is 0.395 e. The molecule has 112 valence electrons. The smallest absolute Gasteiger partial charge is 0.0765 e. The summed E-state index contributed by atoms with van der Waals surface area (Å²) in [6, 6.07) is 3.45. The third kappa shape index (κ3) is 3.23. The van der Waals surface area contributed by atoms with Gasteiger partial charge < -0.3 is 5.11 Å². The van der Waals surface area contributed by atoms with E-state index in [2.05, 4.69) is 21.8 Å². The van der Waals surface area contributed by atoms with Gasteiger partial charge in [0, 0.05) is 25.3 Å². The summed E-state index contributed by atoms with van der Waals surface area (Å²) in [6.07, 6.45) is 12.7. The fourth-order valence-corrected chi connectivity index (χ4v) is 3.49. The maximum Gasteiger partial charge on any atom is 0.0765 e. The first-order chi connectivity index (χ1) is 9.86. The van der Waals surface area contributed by atoms with Crippen molar-refractivity contribution in [2.24, 2.45) is 0 Å². The molecular formula is C16H27N3O. The lowest BCUT2D eigenvalue weighted by Gasteiger charge is -2.36. The van der Waals surface area contributed by atoms with Crippen LogP contribution >= 0.6 is 0 Å². The van der Waals surface area contributed by atoms with Gasteiger partial charge in [-0.15, -0.1) is 0 Å². The Labute approximate surface area is 121 Å². The maximum absolute atomic E-state index is 9.22. The molecule has 0 saturated heterocycles. The Morgan fingerprint density at radius 3 is 2.60 bits per heavy atom. The molecule has 3 rings (SSSR count). The van der Waals surface area contributed by atoms with Gasteiger partial charge in [0.1, 0.15) is 0 Å². The third-order valence-electron chi connectivity index (χ3n) is 4.96. The summed E-state index contributed by atoms with van der Waals surface area (Å²) < 4.78 is 2.19. The number of rotatable bonds is 6. The zero-order valence-electron chi connectivity index (χ0n) is 12.4. The van der Waals surface area contributed by atoms with Crippen molar-refractivity contribution in [3.05, 3.63) is 18.0 Å². The number of aliphatic hydroxyl groups is 1. The minimum absolute atomic E-state index is 0.250. The van der Waals surface area contributed by atoms with Gasteiger partial charge in [0.05, 0.1) is 18.3 Å². The highest BCUT2D eigenvalue weighted by atomic mass is 16.3. The summed E-state index contributed by atoms with van der Waals surface area (Å²) in [4.78, 5) is 2.40. The molecule has 0 bridgehead atoms. The molecule has 0 unspecified atom stereocenters. The monoisotopic (exact) mass is 277 g/mol. The van der Waals surface area contributed by atoms with Gasteiger partial charge in [-0.1, -0.05) is 25.7 Å². The van der Waals surface area contributed by atoms with Crippen molar-refractivity contribution < 1.29 is 5.11 Å².